The van der Waals surface area contributed by atoms with E-state index in [0.29, 0.717) is 19.2 Å². The topological polar surface area (TPSA) is 41.6 Å². The molecule has 2 fully saturated rings. The van der Waals surface area contributed by atoms with E-state index in [1.54, 1.807) is 0 Å². The number of piperidine rings is 1. The van der Waals surface area contributed by atoms with Gasteiger partial charge in [-0.25, -0.2) is 0 Å². The van der Waals surface area contributed by atoms with Gasteiger partial charge in [0.1, 0.15) is 6.61 Å². The van der Waals surface area contributed by atoms with E-state index in [9.17, 15) is 4.79 Å². The summed E-state index contributed by atoms with van der Waals surface area (Å²) >= 11 is 0. The van der Waals surface area contributed by atoms with E-state index in [-0.39, 0.29) is 5.97 Å². The van der Waals surface area contributed by atoms with Crippen LogP contribution in [0.4, 0.5) is 0 Å². The molecule has 1 unspecified atom stereocenters. The van der Waals surface area contributed by atoms with Gasteiger partial charge in [0.2, 0.25) is 0 Å². The predicted octanol–water partition coefficient (Wildman–Crippen LogP) is -0.403. The molecule has 1 atom stereocenters. The molecule has 1 N–H and O–H groups in total. The molecule has 2 rings (SSSR count). The van der Waals surface area contributed by atoms with Crippen LogP contribution in [-0.2, 0) is 9.53 Å². The van der Waals surface area contributed by atoms with Crippen molar-refractivity contribution >= 4 is 5.97 Å². The summed E-state index contributed by atoms with van der Waals surface area (Å²) in [6.45, 7) is 4.09. The number of carbonyl (C=O) groups is 1. The molecular weight excluding hydrogens is 168 g/mol. The minimum Gasteiger partial charge on any atom is -0.463 e. The molecule has 0 radical (unpaired) electrons. The maximum absolute atomic E-state index is 11.0. The number of nitrogens with one attached hydrogen (secondary N) is 1. The first-order chi connectivity index (χ1) is 6.36. The van der Waals surface area contributed by atoms with Crippen LogP contribution in [0.15, 0.2) is 0 Å². The normalized spacial score (nSPS) is 31.4. The molecule has 2 heterocycles. The minimum atomic E-state index is -0.0724. The molecule has 0 aromatic carbocycles. The zero-order chi connectivity index (χ0) is 9.10. The third kappa shape index (κ3) is 2.19. The van der Waals surface area contributed by atoms with Crippen LogP contribution in [0.2, 0.25) is 0 Å². The van der Waals surface area contributed by atoms with Crippen molar-refractivity contribution < 1.29 is 9.53 Å². The van der Waals surface area contributed by atoms with Gasteiger partial charge in [0, 0.05) is 19.1 Å². The highest BCUT2D eigenvalue weighted by Crippen LogP contribution is 2.12. The number of hydrogen-bond acceptors (Lipinski definition) is 4. The Balaban J connectivity index is 1.87. The quantitative estimate of drug-likeness (QED) is 0.563. The molecule has 2 saturated heterocycles. The molecule has 2 aliphatic heterocycles. The Bertz CT molecular complexity index is 190. The first-order valence-electron chi connectivity index (χ1n) is 4.96. The number of cyclic esters (lactones) is 1. The van der Waals surface area contributed by atoms with Gasteiger partial charge in [-0.05, 0) is 19.4 Å². The van der Waals surface area contributed by atoms with Crippen LogP contribution in [0.3, 0.4) is 0 Å². The van der Waals surface area contributed by atoms with Crippen molar-refractivity contribution in [2.75, 3.05) is 32.8 Å². The molecule has 0 aliphatic carbocycles. The third-order valence-electron chi connectivity index (χ3n) is 2.76. The summed E-state index contributed by atoms with van der Waals surface area (Å²) in [5.74, 6) is -0.0724. The molecule has 0 aromatic heterocycles. The zero-order valence-corrected chi connectivity index (χ0v) is 7.79. The summed E-state index contributed by atoms with van der Waals surface area (Å²) in [6, 6.07) is 0.543. The summed E-state index contributed by atoms with van der Waals surface area (Å²) < 4.78 is 4.90. The van der Waals surface area contributed by atoms with Crippen molar-refractivity contribution in [3.63, 3.8) is 0 Å². The van der Waals surface area contributed by atoms with Gasteiger partial charge in [-0.3, -0.25) is 9.69 Å². The summed E-state index contributed by atoms with van der Waals surface area (Å²) in [4.78, 5) is 13.3. The van der Waals surface area contributed by atoms with Crippen LogP contribution in [0, 0.1) is 0 Å². The van der Waals surface area contributed by atoms with Crippen molar-refractivity contribution in [1.29, 1.82) is 0 Å². The average molecular weight is 184 g/mol. The second-order valence-corrected chi connectivity index (χ2v) is 3.69. The van der Waals surface area contributed by atoms with Gasteiger partial charge in [0.15, 0.2) is 0 Å². The lowest BCUT2D eigenvalue weighted by Gasteiger charge is -2.35. The molecule has 4 nitrogen and oxygen atoms in total. The highest BCUT2D eigenvalue weighted by Gasteiger charge is 2.26. The molecule has 2 aliphatic rings. The van der Waals surface area contributed by atoms with E-state index in [1.165, 1.54) is 12.8 Å². The molecule has 74 valence electrons. The van der Waals surface area contributed by atoms with Gasteiger partial charge in [-0.2, -0.15) is 0 Å². The van der Waals surface area contributed by atoms with Crippen LogP contribution >= 0.6 is 0 Å². The zero-order valence-electron chi connectivity index (χ0n) is 7.79. The number of nitrogens with zero attached hydrogens (tertiary/aromatic N) is 1. The maximum atomic E-state index is 11.0. The molecule has 0 aromatic rings. The van der Waals surface area contributed by atoms with Gasteiger partial charge < -0.3 is 10.1 Å². The molecule has 0 bridgehead atoms. The molecule has 0 spiro atoms. The molecular formula is C9H16N2O2. The van der Waals surface area contributed by atoms with Crippen molar-refractivity contribution in [3.05, 3.63) is 0 Å². The standard InChI is InChI=1S/C9H16N2O2/c12-9-7-11(4-5-13-9)8-2-1-3-10-6-8/h8,10H,1-7H2. The molecule has 4 heteroatoms. The fourth-order valence-electron chi connectivity index (χ4n) is 2.02. The van der Waals surface area contributed by atoms with E-state index in [0.717, 1.165) is 19.6 Å². The Labute approximate surface area is 78.2 Å². The third-order valence-corrected chi connectivity index (χ3v) is 2.76. The predicted molar refractivity (Wildman–Crippen MR) is 48.4 cm³/mol. The lowest BCUT2D eigenvalue weighted by Crippen LogP contribution is -2.51. The fraction of sp³-hybridized carbons (Fsp3) is 0.889. The Hall–Kier alpha value is -0.610. The molecule has 0 saturated carbocycles. The number of ether oxygens (including phenoxy) is 1. The number of morpholine rings is 1. The largest absolute Gasteiger partial charge is 0.463 e. The number of hydrogen-bond donors (Lipinski definition) is 1. The summed E-state index contributed by atoms with van der Waals surface area (Å²) in [7, 11) is 0. The summed E-state index contributed by atoms with van der Waals surface area (Å²) in [5, 5.41) is 3.35. The van der Waals surface area contributed by atoms with E-state index < -0.39 is 0 Å². The second kappa shape index (κ2) is 4.07. The minimum absolute atomic E-state index is 0.0724. The van der Waals surface area contributed by atoms with Crippen LogP contribution in [0.25, 0.3) is 0 Å². The van der Waals surface area contributed by atoms with Crippen LogP contribution in [0.5, 0.6) is 0 Å². The Morgan fingerprint density at radius 2 is 2.46 bits per heavy atom. The highest BCUT2D eigenvalue weighted by atomic mass is 16.5. The number of carbonyl (C=O) groups excluding carboxylic acids is 1. The summed E-state index contributed by atoms with van der Waals surface area (Å²) in [5.41, 5.74) is 0. The van der Waals surface area contributed by atoms with E-state index >= 15 is 0 Å². The van der Waals surface area contributed by atoms with Gasteiger partial charge in [0.25, 0.3) is 0 Å². The Kier molecular flexibility index (Phi) is 2.80. The fourth-order valence-corrected chi connectivity index (χ4v) is 2.02. The van der Waals surface area contributed by atoms with Crippen LogP contribution in [-0.4, -0.2) is 49.7 Å². The van der Waals surface area contributed by atoms with Crippen molar-refractivity contribution in [2.24, 2.45) is 0 Å². The number of rotatable bonds is 1. The van der Waals surface area contributed by atoms with Crippen molar-refractivity contribution in [3.8, 4) is 0 Å². The average Bonchev–Trinajstić information content (AvgIpc) is 2.19. The summed E-state index contributed by atoms with van der Waals surface area (Å²) in [6.07, 6.45) is 2.43. The number of esters is 1. The first kappa shape index (κ1) is 8.97. The van der Waals surface area contributed by atoms with E-state index in [4.69, 9.17) is 4.74 Å². The lowest BCUT2D eigenvalue weighted by atomic mass is 10.1. The van der Waals surface area contributed by atoms with Gasteiger partial charge in [0.05, 0.1) is 6.54 Å². The SMILES string of the molecule is O=C1CN(C2CCCNC2)CCO1. The van der Waals surface area contributed by atoms with Crippen LogP contribution < -0.4 is 5.32 Å². The highest BCUT2D eigenvalue weighted by molar-refractivity contribution is 5.72. The Morgan fingerprint density at radius 3 is 3.15 bits per heavy atom. The lowest BCUT2D eigenvalue weighted by molar-refractivity contribution is -0.152. The Morgan fingerprint density at radius 1 is 1.54 bits per heavy atom. The van der Waals surface area contributed by atoms with Crippen molar-refractivity contribution in [1.82, 2.24) is 10.2 Å². The van der Waals surface area contributed by atoms with Gasteiger partial charge in [-0.1, -0.05) is 0 Å². The van der Waals surface area contributed by atoms with E-state index in [1.807, 2.05) is 0 Å². The smallest absolute Gasteiger partial charge is 0.320 e. The van der Waals surface area contributed by atoms with E-state index in [2.05, 4.69) is 10.2 Å². The molecule has 13 heavy (non-hydrogen) atoms. The second-order valence-electron chi connectivity index (χ2n) is 3.69. The first-order valence-corrected chi connectivity index (χ1v) is 4.96. The van der Waals surface area contributed by atoms with Crippen LogP contribution in [0.1, 0.15) is 12.8 Å². The monoisotopic (exact) mass is 184 g/mol. The van der Waals surface area contributed by atoms with Gasteiger partial charge in [-0.15, -0.1) is 0 Å². The maximum Gasteiger partial charge on any atom is 0.320 e. The van der Waals surface area contributed by atoms with Gasteiger partial charge >= 0.3 is 5.97 Å². The molecule has 0 amide bonds. The van der Waals surface area contributed by atoms with Crippen molar-refractivity contribution in [2.45, 2.75) is 18.9 Å².